The van der Waals surface area contributed by atoms with Gasteiger partial charge in [0.2, 0.25) is 0 Å². The lowest BCUT2D eigenvalue weighted by Crippen LogP contribution is -2.32. The molecule has 1 aliphatic rings. The van der Waals surface area contributed by atoms with E-state index in [9.17, 15) is 30.1 Å². The van der Waals surface area contributed by atoms with Crippen molar-refractivity contribution in [3.63, 3.8) is 0 Å². The molecule has 0 radical (unpaired) electrons. The van der Waals surface area contributed by atoms with Crippen LogP contribution in [0.4, 0.5) is 11.4 Å². The second-order valence-corrected chi connectivity index (χ2v) is 7.75. The summed E-state index contributed by atoms with van der Waals surface area (Å²) in [5.41, 5.74) is -2.40. The molecule has 0 unspecified atom stereocenters. The van der Waals surface area contributed by atoms with E-state index in [-0.39, 0.29) is 17.6 Å². The standard InChI is InChI=1S/C17H22N2O7/c1-16(2)9-12(16)4-5-17(3,21)10-26-15(20)11-6-13(18(22)23)8-14(7-11)19(24)25/h6-8,12,21H,4-5,9-10H2,1-3H3/t12-,17+/m0/s1. The van der Waals surface area contributed by atoms with Crippen molar-refractivity contribution in [1.82, 2.24) is 0 Å². The lowest BCUT2D eigenvalue weighted by atomic mass is 9.97. The number of benzene rings is 1. The molecule has 0 spiro atoms. The maximum atomic E-state index is 12.1. The van der Waals surface area contributed by atoms with Crippen LogP contribution in [0.1, 0.15) is 50.4 Å². The van der Waals surface area contributed by atoms with Crippen LogP contribution >= 0.6 is 0 Å². The zero-order chi connectivity index (χ0) is 19.7. The van der Waals surface area contributed by atoms with Crippen molar-refractivity contribution in [3.8, 4) is 0 Å². The molecule has 142 valence electrons. The molecule has 9 heteroatoms. The quantitative estimate of drug-likeness (QED) is 0.424. The van der Waals surface area contributed by atoms with Crippen molar-refractivity contribution in [1.29, 1.82) is 0 Å². The van der Waals surface area contributed by atoms with Crippen LogP contribution in [0.15, 0.2) is 18.2 Å². The minimum atomic E-state index is -1.24. The van der Waals surface area contributed by atoms with Crippen molar-refractivity contribution >= 4 is 17.3 Å². The number of nitro benzene ring substituents is 2. The Bertz CT molecular complexity index is 710. The van der Waals surface area contributed by atoms with E-state index in [0.29, 0.717) is 12.3 Å². The number of hydrogen-bond donors (Lipinski definition) is 1. The Hall–Kier alpha value is -2.55. The zero-order valence-corrected chi connectivity index (χ0v) is 14.9. The molecule has 2 rings (SSSR count). The number of hydrogen-bond acceptors (Lipinski definition) is 7. The maximum Gasteiger partial charge on any atom is 0.338 e. The highest BCUT2D eigenvalue weighted by atomic mass is 16.6. The first-order chi connectivity index (χ1) is 11.9. The summed E-state index contributed by atoms with van der Waals surface area (Å²) in [7, 11) is 0. The lowest BCUT2D eigenvalue weighted by Gasteiger charge is -2.23. The Morgan fingerprint density at radius 2 is 1.77 bits per heavy atom. The van der Waals surface area contributed by atoms with E-state index >= 15 is 0 Å². The highest BCUT2D eigenvalue weighted by molar-refractivity contribution is 5.91. The number of non-ortho nitro benzene ring substituents is 2. The van der Waals surface area contributed by atoms with Gasteiger partial charge in [0.25, 0.3) is 11.4 Å². The minimum Gasteiger partial charge on any atom is -0.459 e. The summed E-state index contributed by atoms with van der Waals surface area (Å²) in [5, 5.41) is 32.1. The summed E-state index contributed by atoms with van der Waals surface area (Å²) in [6.07, 6.45) is 2.35. The molecule has 9 nitrogen and oxygen atoms in total. The van der Waals surface area contributed by atoms with Gasteiger partial charge in [-0.05, 0) is 37.5 Å². The van der Waals surface area contributed by atoms with Gasteiger partial charge in [-0.25, -0.2) is 4.79 Å². The van der Waals surface area contributed by atoms with Gasteiger partial charge in [-0.15, -0.1) is 0 Å². The van der Waals surface area contributed by atoms with Crippen molar-refractivity contribution in [2.24, 2.45) is 11.3 Å². The molecule has 1 aromatic rings. The molecule has 0 bridgehead atoms. The molecule has 1 aliphatic carbocycles. The topological polar surface area (TPSA) is 133 Å². The molecule has 2 atom stereocenters. The summed E-state index contributed by atoms with van der Waals surface area (Å²) in [4.78, 5) is 32.2. The van der Waals surface area contributed by atoms with Crippen LogP contribution in [0.2, 0.25) is 0 Å². The smallest absolute Gasteiger partial charge is 0.338 e. The molecule has 1 aromatic carbocycles. The summed E-state index contributed by atoms with van der Waals surface area (Å²) >= 11 is 0. The van der Waals surface area contributed by atoms with E-state index in [4.69, 9.17) is 4.74 Å². The lowest BCUT2D eigenvalue weighted by molar-refractivity contribution is -0.394. The summed E-state index contributed by atoms with van der Waals surface area (Å²) in [6, 6.07) is 2.60. The molecule has 1 fully saturated rings. The van der Waals surface area contributed by atoms with Gasteiger partial charge in [-0.3, -0.25) is 20.2 Å². The average Bonchev–Trinajstić information content (AvgIpc) is 3.17. The number of nitro groups is 2. The third kappa shape index (κ3) is 4.98. The van der Waals surface area contributed by atoms with Gasteiger partial charge in [0.15, 0.2) is 0 Å². The number of carbonyl (C=O) groups is 1. The first-order valence-electron chi connectivity index (χ1n) is 8.25. The van der Waals surface area contributed by atoms with Gasteiger partial charge < -0.3 is 9.84 Å². The van der Waals surface area contributed by atoms with Crippen LogP contribution in [-0.4, -0.2) is 33.1 Å². The van der Waals surface area contributed by atoms with Crippen molar-refractivity contribution < 1.29 is 24.5 Å². The van der Waals surface area contributed by atoms with E-state index in [1.807, 2.05) is 0 Å². The molecule has 1 N–H and O–H groups in total. The fourth-order valence-electron chi connectivity index (χ4n) is 2.85. The largest absolute Gasteiger partial charge is 0.459 e. The number of carbonyl (C=O) groups excluding carboxylic acids is 1. The SMILES string of the molecule is CC1(C)C[C@@H]1CC[C@@](C)(O)COC(=O)c1cc([N+](=O)[O-])cc([N+](=O)[O-])c1. The molecule has 1 saturated carbocycles. The second kappa shape index (κ2) is 6.99. The van der Waals surface area contributed by atoms with Crippen LogP contribution in [-0.2, 0) is 4.74 Å². The van der Waals surface area contributed by atoms with Crippen molar-refractivity contribution in [2.75, 3.05) is 6.61 Å². The fraction of sp³-hybridized carbons (Fsp3) is 0.588. The molecule has 0 saturated heterocycles. The Kier molecular flexibility index (Phi) is 5.31. The average molecular weight is 366 g/mol. The zero-order valence-electron chi connectivity index (χ0n) is 14.9. The predicted octanol–water partition coefficient (Wildman–Crippen LogP) is 3.24. The van der Waals surface area contributed by atoms with Crippen LogP contribution in [0, 0.1) is 31.6 Å². The van der Waals surface area contributed by atoms with E-state index in [1.165, 1.54) is 0 Å². The van der Waals surface area contributed by atoms with Crippen molar-refractivity contribution in [2.45, 2.75) is 45.6 Å². The van der Waals surface area contributed by atoms with Crippen LogP contribution in [0.5, 0.6) is 0 Å². The van der Waals surface area contributed by atoms with E-state index < -0.39 is 32.8 Å². The highest BCUT2D eigenvalue weighted by Crippen LogP contribution is 2.54. The number of nitrogens with zero attached hydrogens (tertiary/aromatic N) is 2. The van der Waals surface area contributed by atoms with Crippen LogP contribution in [0.25, 0.3) is 0 Å². The number of ether oxygens (including phenoxy) is 1. The van der Waals surface area contributed by atoms with E-state index in [0.717, 1.165) is 31.0 Å². The van der Waals surface area contributed by atoms with Crippen molar-refractivity contribution in [3.05, 3.63) is 44.0 Å². The third-order valence-corrected chi connectivity index (χ3v) is 4.82. The van der Waals surface area contributed by atoms with E-state index in [1.54, 1.807) is 6.92 Å². The first kappa shape index (κ1) is 19.8. The second-order valence-electron chi connectivity index (χ2n) is 7.75. The van der Waals surface area contributed by atoms with Crippen LogP contribution in [0.3, 0.4) is 0 Å². The summed E-state index contributed by atoms with van der Waals surface area (Å²) < 4.78 is 5.03. The van der Waals surface area contributed by atoms with Gasteiger partial charge in [0.05, 0.1) is 27.1 Å². The summed E-state index contributed by atoms with van der Waals surface area (Å²) in [5.74, 6) is -0.423. The van der Waals surface area contributed by atoms with Gasteiger partial charge in [0.1, 0.15) is 6.61 Å². The van der Waals surface area contributed by atoms with Gasteiger partial charge in [0, 0.05) is 12.1 Å². The predicted molar refractivity (Wildman–Crippen MR) is 91.8 cm³/mol. The van der Waals surface area contributed by atoms with Gasteiger partial charge >= 0.3 is 5.97 Å². The Balaban J connectivity index is 2.00. The molecule has 0 amide bonds. The van der Waals surface area contributed by atoms with Gasteiger partial charge in [-0.2, -0.15) is 0 Å². The highest BCUT2D eigenvalue weighted by Gasteiger charge is 2.45. The number of esters is 1. The van der Waals surface area contributed by atoms with E-state index in [2.05, 4.69) is 13.8 Å². The molecular formula is C17H22N2O7. The Labute approximate surface area is 150 Å². The summed E-state index contributed by atoms with van der Waals surface area (Å²) in [6.45, 7) is 5.56. The third-order valence-electron chi connectivity index (χ3n) is 4.82. The normalized spacial score (nSPS) is 20.1. The monoisotopic (exact) mass is 366 g/mol. The van der Waals surface area contributed by atoms with Crippen LogP contribution < -0.4 is 0 Å². The molecular weight excluding hydrogens is 344 g/mol. The Morgan fingerprint density at radius 3 is 2.19 bits per heavy atom. The Morgan fingerprint density at radius 1 is 1.27 bits per heavy atom. The number of rotatable bonds is 8. The number of aliphatic hydroxyl groups is 1. The minimum absolute atomic E-state index is 0.286. The fourth-order valence-corrected chi connectivity index (χ4v) is 2.85. The molecule has 0 heterocycles. The molecule has 0 aliphatic heterocycles. The molecule has 26 heavy (non-hydrogen) atoms. The molecule has 0 aromatic heterocycles. The first-order valence-corrected chi connectivity index (χ1v) is 8.25. The maximum absolute atomic E-state index is 12.1. The van der Waals surface area contributed by atoms with Gasteiger partial charge in [-0.1, -0.05) is 13.8 Å².